The van der Waals surface area contributed by atoms with Crippen molar-refractivity contribution in [1.82, 2.24) is 4.98 Å². The van der Waals surface area contributed by atoms with Crippen LogP contribution in [0.15, 0.2) is 66.9 Å². The molecule has 3 rings (SSSR count). The van der Waals surface area contributed by atoms with Gasteiger partial charge < -0.3 is 5.32 Å². The van der Waals surface area contributed by atoms with Gasteiger partial charge >= 0.3 is 0 Å². The number of aromatic nitrogens is 1. The number of benzene rings is 2. The molecule has 0 spiro atoms. The molecule has 7 heteroatoms. The number of carbonyl (C=O) groups excluding carboxylic acids is 1. The van der Waals surface area contributed by atoms with Gasteiger partial charge in [0.25, 0.3) is 5.91 Å². The summed E-state index contributed by atoms with van der Waals surface area (Å²) in [7, 11) is -2.04. The normalized spacial score (nSPS) is 11.1. The van der Waals surface area contributed by atoms with Crippen LogP contribution in [0, 0.1) is 6.92 Å². The molecule has 1 N–H and O–H groups in total. The predicted octanol–water partition coefficient (Wildman–Crippen LogP) is 3.71. The number of rotatable bonds is 5. The second-order valence-electron chi connectivity index (χ2n) is 6.50. The Bertz CT molecular complexity index is 1100. The first kappa shape index (κ1) is 19.6. The van der Waals surface area contributed by atoms with Crippen molar-refractivity contribution in [3.05, 3.63) is 78.0 Å². The van der Waals surface area contributed by atoms with Crippen LogP contribution in [0.5, 0.6) is 0 Å². The lowest BCUT2D eigenvalue weighted by Crippen LogP contribution is -2.26. The number of hydrogen-bond acceptors (Lipinski definition) is 4. The van der Waals surface area contributed by atoms with Gasteiger partial charge in [-0.15, -0.1) is 0 Å². The molecule has 0 saturated heterocycles. The van der Waals surface area contributed by atoms with Gasteiger partial charge in [-0.3, -0.25) is 14.1 Å². The first-order chi connectivity index (χ1) is 13.3. The van der Waals surface area contributed by atoms with E-state index in [1.54, 1.807) is 48.7 Å². The van der Waals surface area contributed by atoms with Crippen LogP contribution in [0.1, 0.15) is 15.9 Å². The van der Waals surface area contributed by atoms with Gasteiger partial charge in [-0.05, 0) is 42.8 Å². The lowest BCUT2D eigenvalue weighted by molar-refractivity contribution is 0.102. The summed E-state index contributed by atoms with van der Waals surface area (Å²) in [5, 5.41) is 2.83. The topological polar surface area (TPSA) is 79.4 Å². The molecule has 0 unspecified atom stereocenters. The molecule has 2 aromatic carbocycles. The number of hydrogen-bond donors (Lipinski definition) is 1. The van der Waals surface area contributed by atoms with E-state index in [0.717, 1.165) is 27.4 Å². The number of sulfonamides is 1. The molecule has 144 valence electrons. The highest BCUT2D eigenvalue weighted by molar-refractivity contribution is 7.92. The minimum atomic E-state index is -3.50. The van der Waals surface area contributed by atoms with Crippen molar-refractivity contribution in [3.8, 4) is 11.3 Å². The molecule has 1 aromatic heterocycles. The molecule has 0 bridgehead atoms. The van der Waals surface area contributed by atoms with Gasteiger partial charge in [0, 0.05) is 24.4 Å². The fraction of sp³-hybridized carbons (Fsp3) is 0.143. The van der Waals surface area contributed by atoms with Gasteiger partial charge in [0.05, 0.1) is 23.3 Å². The van der Waals surface area contributed by atoms with E-state index in [1.165, 1.54) is 7.05 Å². The molecule has 0 fully saturated rings. The third kappa shape index (κ3) is 4.37. The third-order valence-electron chi connectivity index (χ3n) is 4.32. The van der Waals surface area contributed by atoms with Crippen molar-refractivity contribution in [2.24, 2.45) is 0 Å². The van der Waals surface area contributed by atoms with Gasteiger partial charge in [0.2, 0.25) is 10.0 Å². The van der Waals surface area contributed by atoms with Crippen molar-refractivity contribution in [3.63, 3.8) is 0 Å². The zero-order chi connectivity index (χ0) is 20.3. The quantitative estimate of drug-likeness (QED) is 0.714. The molecule has 0 atom stereocenters. The number of nitrogens with zero attached hydrogens (tertiary/aromatic N) is 2. The Balaban J connectivity index is 2.05. The number of amides is 1. The fourth-order valence-corrected chi connectivity index (χ4v) is 3.19. The van der Waals surface area contributed by atoms with Crippen molar-refractivity contribution in [1.29, 1.82) is 0 Å². The number of pyridine rings is 1. The van der Waals surface area contributed by atoms with Gasteiger partial charge in [-0.1, -0.05) is 30.3 Å². The van der Waals surface area contributed by atoms with Crippen LogP contribution < -0.4 is 9.62 Å². The SMILES string of the molecule is Cc1ccc(-c2ccc(N(C)S(C)(=O)=O)c(NC(=O)c3ccccc3)c2)nc1. The molecule has 0 aliphatic heterocycles. The molecule has 0 saturated carbocycles. The van der Waals surface area contributed by atoms with E-state index in [9.17, 15) is 13.2 Å². The Kier molecular flexibility index (Phi) is 5.46. The van der Waals surface area contributed by atoms with E-state index in [0.29, 0.717) is 16.9 Å². The number of anilines is 2. The van der Waals surface area contributed by atoms with Gasteiger partial charge in [-0.25, -0.2) is 8.42 Å². The zero-order valence-electron chi connectivity index (χ0n) is 15.9. The van der Waals surface area contributed by atoms with Crippen LogP contribution in [-0.2, 0) is 10.0 Å². The van der Waals surface area contributed by atoms with E-state index in [-0.39, 0.29) is 5.91 Å². The van der Waals surface area contributed by atoms with Gasteiger partial charge in [0.1, 0.15) is 0 Å². The molecule has 1 heterocycles. The average Bonchev–Trinajstić information content (AvgIpc) is 2.68. The summed E-state index contributed by atoms with van der Waals surface area (Å²) >= 11 is 0. The lowest BCUT2D eigenvalue weighted by Gasteiger charge is -2.21. The fourth-order valence-electron chi connectivity index (χ4n) is 2.67. The van der Waals surface area contributed by atoms with E-state index >= 15 is 0 Å². The highest BCUT2D eigenvalue weighted by Gasteiger charge is 2.18. The summed E-state index contributed by atoms with van der Waals surface area (Å²) in [5.74, 6) is -0.322. The Morgan fingerprint density at radius 3 is 2.36 bits per heavy atom. The summed E-state index contributed by atoms with van der Waals surface area (Å²) < 4.78 is 25.2. The number of aryl methyl sites for hydroxylation is 1. The summed E-state index contributed by atoms with van der Waals surface area (Å²) in [6, 6.07) is 17.8. The van der Waals surface area contributed by atoms with Crippen molar-refractivity contribution >= 4 is 27.3 Å². The lowest BCUT2D eigenvalue weighted by atomic mass is 10.1. The van der Waals surface area contributed by atoms with E-state index in [1.807, 2.05) is 25.1 Å². The number of nitrogens with one attached hydrogen (secondary N) is 1. The molecule has 0 aliphatic rings. The second kappa shape index (κ2) is 7.82. The highest BCUT2D eigenvalue weighted by atomic mass is 32.2. The number of carbonyl (C=O) groups is 1. The molecule has 28 heavy (non-hydrogen) atoms. The summed E-state index contributed by atoms with van der Waals surface area (Å²) in [6.45, 7) is 1.95. The minimum Gasteiger partial charge on any atom is -0.320 e. The zero-order valence-corrected chi connectivity index (χ0v) is 16.7. The van der Waals surface area contributed by atoms with Crippen LogP contribution >= 0.6 is 0 Å². The summed E-state index contributed by atoms with van der Waals surface area (Å²) in [6.07, 6.45) is 2.87. The second-order valence-corrected chi connectivity index (χ2v) is 8.52. The maximum absolute atomic E-state index is 12.6. The predicted molar refractivity (Wildman–Crippen MR) is 112 cm³/mol. The Labute approximate surface area is 164 Å². The maximum atomic E-state index is 12.6. The molecule has 1 amide bonds. The summed E-state index contributed by atoms with van der Waals surface area (Å²) in [4.78, 5) is 17.0. The van der Waals surface area contributed by atoms with Crippen LogP contribution in [-0.4, -0.2) is 32.6 Å². The Hall–Kier alpha value is -3.19. The van der Waals surface area contributed by atoms with Crippen LogP contribution in [0.25, 0.3) is 11.3 Å². The van der Waals surface area contributed by atoms with E-state index in [4.69, 9.17) is 0 Å². The smallest absolute Gasteiger partial charge is 0.255 e. The largest absolute Gasteiger partial charge is 0.320 e. The van der Waals surface area contributed by atoms with Crippen LogP contribution in [0.4, 0.5) is 11.4 Å². The molecule has 3 aromatic rings. The molecular weight excluding hydrogens is 374 g/mol. The third-order valence-corrected chi connectivity index (χ3v) is 5.52. The van der Waals surface area contributed by atoms with Gasteiger partial charge in [0.15, 0.2) is 0 Å². The monoisotopic (exact) mass is 395 g/mol. The van der Waals surface area contributed by atoms with E-state index < -0.39 is 10.0 Å². The highest BCUT2D eigenvalue weighted by Crippen LogP contribution is 2.32. The van der Waals surface area contributed by atoms with Crippen molar-refractivity contribution < 1.29 is 13.2 Å². The van der Waals surface area contributed by atoms with Crippen LogP contribution in [0.2, 0.25) is 0 Å². The maximum Gasteiger partial charge on any atom is 0.255 e. The summed E-state index contributed by atoms with van der Waals surface area (Å²) in [5.41, 5.74) is 3.79. The molecule has 0 radical (unpaired) electrons. The Morgan fingerprint density at radius 1 is 1.04 bits per heavy atom. The minimum absolute atomic E-state index is 0.322. The van der Waals surface area contributed by atoms with E-state index in [2.05, 4.69) is 10.3 Å². The molecule has 0 aliphatic carbocycles. The standard InChI is InChI=1S/C21H21N3O3S/c1-15-9-11-18(22-14-15)17-10-12-20(24(2)28(3,26)27)19(13-17)23-21(25)16-7-5-4-6-8-16/h4-14H,1-3H3,(H,23,25). The van der Waals surface area contributed by atoms with Crippen LogP contribution in [0.3, 0.4) is 0 Å². The van der Waals surface area contributed by atoms with Gasteiger partial charge in [-0.2, -0.15) is 0 Å². The van der Waals surface area contributed by atoms with Crippen molar-refractivity contribution in [2.45, 2.75) is 6.92 Å². The molecule has 6 nitrogen and oxygen atoms in total. The molecular formula is C21H21N3O3S. The van der Waals surface area contributed by atoms with Crippen molar-refractivity contribution in [2.75, 3.05) is 22.9 Å². The average molecular weight is 395 g/mol. The first-order valence-electron chi connectivity index (χ1n) is 8.63. The first-order valence-corrected chi connectivity index (χ1v) is 10.5. The Morgan fingerprint density at radius 2 is 1.75 bits per heavy atom.